The van der Waals surface area contributed by atoms with E-state index in [0.717, 1.165) is 19.3 Å². The van der Waals surface area contributed by atoms with Crippen LogP contribution in [0, 0.1) is 0 Å². The van der Waals surface area contributed by atoms with Crippen LogP contribution < -0.4 is 5.32 Å². The lowest BCUT2D eigenvalue weighted by molar-refractivity contribution is -0.137. The summed E-state index contributed by atoms with van der Waals surface area (Å²) < 4.78 is 4.64. The molecule has 0 aliphatic carbocycles. The number of hydrogen-bond donors (Lipinski definition) is 1. The Morgan fingerprint density at radius 3 is 2.80 bits per heavy atom. The fourth-order valence-corrected chi connectivity index (χ4v) is 1.42. The predicted molar refractivity (Wildman–Crippen MR) is 56.1 cm³/mol. The van der Waals surface area contributed by atoms with Gasteiger partial charge in [0.2, 0.25) is 5.91 Å². The van der Waals surface area contributed by atoms with E-state index in [1.807, 2.05) is 0 Å². The van der Waals surface area contributed by atoms with Crippen molar-refractivity contribution < 1.29 is 14.3 Å². The molecule has 1 aliphatic rings. The molecular weight excluding hydrogens is 218 g/mol. The van der Waals surface area contributed by atoms with Crippen molar-refractivity contribution in [3.05, 3.63) is 10.7 Å². The van der Waals surface area contributed by atoms with Crippen molar-refractivity contribution in [3.63, 3.8) is 0 Å². The molecule has 0 bridgehead atoms. The summed E-state index contributed by atoms with van der Waals surface area (Å²) in [4.78, 5) is 22.4. The maximum Gasteiger partial charge on any atom is 0.356 e. The van der Waals surface area contributed by atoms with Crippen molar-refractivity contribution in [1.82, 2.24) is 5.32 Å². The Bertz CT molecular complexity index is 299. The van der Waals surface area contributed by atoms with E-state index in [-0.39, 0.29) is 23.2 Å². The number of carbonyl (C=O) groups excluding carboxylic acids is 2. The molecule has 0 aromatic heterocycles. The highest BCUT2D eigenvalue weighted by Gasteiger charge is 2.24. The molecule has 0 spiro atoms. The number of rotatable bonds is 5. The van der Waals surface area contributed by atoms with Gasteiger partial charge in [-0.15, -0.1) is 0 Å². The van der Waals surface area contributed by atoms with Crippen LogP contribution in [0.4, 0.5) is 0 Å². The predicted octanol–water partition coefficient (Wildman–Crippen LogP) is 1.69. The third-order valence-electron chi connectivity index (χ3n) is 2.08. The number of hydrogen-bond acceptors (Lipinski definition) is 3. The quantitative estimate of drug-likeness (QED) is 0.579. The van der Waals surface area contributed by atoms with Crippen LogP contribution in [0.25, 0.3) is 0 Å². The van der Waals surface area contributed by atoms with Crippen LogP contribution in [-0.2, 0) is 14.3 Å². The number of unbranched alkanes of at least 4 members (excludes halogenated alkanes) is 2. The molecule has 0 aromatic carbocycles. The van der Waals surface area contributed by atoms with Crippen LogP contribution in [0.3, 0.4) is 0 Å². The third-order valence-corrected chi connectivity index (χ3v) is 2.38. The molecule has 1 heterocycles. The van der Waals surface area contributed by atoms with Crippen molar-refractivity contribution in [2.75, 3.05) is 6.61 Å². The highest BCUT2D eigenvalue weighted by Crippen LogP contribution is 2.16. The van der Waals surface area contributed by atoms with Crippen molar-refractivity contribution >= 4 is 23.5 Å². The van der Waals surface area contributed by atoms with Crippen LogP contribution in [0.5, 0.6) is 0 Å². The highest BCUT2D eigenvalue weighted by molar-refractivity contribution is 6.32. The molecule has 15 heavy (non-hydrogen) atoms. The Labute approximate surface area is 93.6 Å². The van der Waals surface area contributed by atoms with Gasteiger partial charge in [0.05, 0.1) is 5.03 Å². The summed E-state index contributed by atoms with van der Waals surface area (Å²) in [5, 5.41) is 2.74. The summed E-state index contributed by atoms with van der Waals surface area (Å²) in [6.45, 7) is 2.12. The fraction of sp³-hybridized carbons (Fsp3) is 0.600. The summed E-state index contributed by atoms with van der Waals surface area (Å²) in [6, 6.07) is 0. The van der Waals surface area contributed by atoms with E-state index in [2.05, 4.69) is 17.0 Å². The zero-order chi connectivity index (χ0) is 11.3. The SMILES string of the molecule is CCCCCC(=O)NC1=C(Cl)COC1=O. The first kappa shape index (κ1) is 12.0. The van der Waals surface area contributed by atoms with Gasteiger partial charge >= 0.3 is 5.97 Å². The molecule has 0 fully saturated rings. The fourth-order valence-electron chi connectivity index (χ4n) is 1.24. The average Bonchev–Trinajstić information content (AvgIpc) is 2.50. The molecule has 84 valence electrons. The lowest BCUT2D eigenvalue weighted by Crippen LogP contribution is -2.26. The smallest absolute Gasteiger partial charge is 0.356 e. The van der Waals surface area contributed by atoms with Gasteiger partial charge in [-0.25, -0.2) is 4.79 Å². The van der Waals surface area contributed by atoms with Gasteiger partial charge in [0, 0.05) is 6.42 Å². The molecular formula is C10H14ClNO3. The second-order valence-corrected chi connectivity index (χ2v) is 3.82. The van der Waals surface area contributed by atoms with E-state index in [4.69, 9.17) is 11.6 Å². The normalized spacial score (nSPS) is 15.5. The molecule has 0 atom stereocenters. The largest absolute Gasteiger partial charge is 0.455 e. The van der Waals surface area contributed by atoms with Crippen molar-refractivity contribution in [2.45, 2.75) is 32.6 Å². The van der Waals surface area contributed by atoms with Crippen LogP contribution in [-0.4, -0.2) is 18.5 Å². The van der Waals surface area contributed by atoms with Crippen LogP contribution in [0.1, 0.15) is 32.6 Å². The van der Waals surface area contributed by atoms with Crippen LogP contribution in [0.15, 0.2) is 10.7 Å². The van der Waals surface area contributed by atoms with Gasteiger partial charge in [-0.2, -0.15) is 0 Å². The summed E-state index contributed by atoms with van der Waals surface area (Å²) >= 11 is 5.70. The van der Waals surface area contributed by atoms with Gasteiger partial charge in [0.25, 0.3) is 0 Å². The van der Waals surface area contributed by atoms with E-state index < -0.39 is 5.97 Å². The first-order valence-electron chi connectivity index (χ1n) is 5.00. The van der Waals surface area contributed by atoms with Crippen LogP contribution >= 0.6 is 11.6 Å². The van der Waals surface area contributed by atoms with Crippen molar-refractivity contribution in [3.8, 4) is 0 Å². The van der Waals surface area contributed by atoms with E-state index in [1.165, 1.54) is 0 Å². The lowest BCUT2D eigenvalue weighted by atomic mass is 10.2. The van der Waals surface area contributed by atoms with Gasteiger partial charge in [0.1, 0.15) is 12.3 Å². The number of cyclic esters (lactones) is 1. The molecule has 0 radical (unpaired) electrons. The molecule has 1 rings (SSSR count). The minimum Gasteiger partial charge on any atom is -0.455 e. The number of carbonyl (C=O) groups is 2. The molecule has 4 nitrogen and oxygen atoms in total. The Kier molecular flexibility index (Phi) is 4.62. The van der Waals surface area contributed by atoms with E-state index in [1.54, 1.807) is 0 Å². The molecule has 5 heteroatoms. The second kappa shape index (κ2) is 5.75. The maximum absolute atomic E-state index is 11.4. The summed E-state index contributed by atoms with van der Waals surface area (Å²) in [5.74, 6) is -0.737. The Hall–Kier alpha value is -1.03. The number of ether oxygens (including phenoxy) is 1. The second-order valence-electron chi connectivity index (χ2n) is 3.36. The van der Waals surface area contributed by atoms with E-state index in [0.29, 0.717) is 6.42 Å². The standard InChI is InChI=1S/C10H14ClNO3/c1-2-3-4-5-8(13)12-9-7(11)6-15-10(9)14/h2-6H2,1H3,(H,12,13). The zero-order valence-electron chi connectivity index (χ0n) is 8.64. The molecule has 1 amide bonds. The van der Waals surface area contributed by atoms with Crippen molar-refractivity contribution in [2.24, 2.45) is 0 Å². The summed E-state index contributed by atoms with van der Waals surface area (Å²) in [7, 11) is 0. The van der Waals surface area contributed by atoms with E-state index >= 15 is 0 Å². The van der Waals surface area contributed by atoms with Crippen LogP contribution in [0.2, 0.25) is 0 Å². The topological polar surface area (TPSA) is 55.4 Å². The monoisotopic (exact) mass is 231 g/mol. The molecule has 1 N–H and O–H groups in total. The van der Waals surface area contributed by atoms with Crippen molar-refractivity contribution in [1.29, 1.82) is 0 Å². The summed E-state index contributed by atoms with van der Waals surface area (Å²) in [5.41, 5.74) is 0.0955. The van der Waals surface area contributed by atoms with E-state index in [9.17, 15) is 9.59 Å². The van der Waals surface area contributed by atoms with Gasteiger partial charge in [-0.05, 0) is 6.42 Å². The average molecular weight is 232 g/mol. The molecule has 0 unspecified atom stereocenters. The Morgan fingerprint density at radius 1 is 1.53 bits per heavy atom. The Morgan fingerprint density at radius 2 is 2.27 bits per heavy atom. The lowest BCUT2D eigenvalue weighted by Gasteiger charge is -2.03. The number of nitrogens with one attached hydrogen (secondary N) is 1. The molecule has 0 saturated carbocycles. The van der Waals surface area contributed by atoms with Gasteiger partial charge in [-0.1, -0.05) is 31.4 Å². The number of amides is 1. The van der Waals surface area contributed by atoms with Gasteiger partial charge in [-0.3, -0.25) is 4.79 Å². The van der Waals surface area contributed by atoms with Gasteiger partial charge < -0.3 is 10.1 Å². The first-order chi connectivity index (χ1) is 7.15. The molecule has 0 saturated heterocycles. The first-order valence-corrected chi connectivity index (χ1v) is 5.38. The number of esters is 1. The minimum absolute atomic E-state index is 0.0605. The highest BCUT2D eigenvalue weighted by atomic mass is 35.5. The Balaban J connectivity index is 2.38. The number of halogens is 1. The zero-order valence-corrected chi connectivity index (χ0v) is 9.39. The third kappa shape index (κ3) is 3.55. The maximum atomic E-state index is 11.4. The molecule has 1 aliphatic heterocycles. The minimum atomic E-state index is -0.552. The summed E-state index contributed by atoms with van der Waals surface area (Å²) in [6.07, 6.45) is 3.29. The van der Waals surface area contributed by atoms with Gasteiger partial charge in [0.15, 0.2) is 0 Å². The molecule has 0 aromatic rings.